The van der Waals surface area contributed by atoms with E-state index in [0.29, 0.717) is 5.02 Å². The van der Waals surface area contributed by atoms with E-state index >= 15 is 0 Å². The molecule has 2 aromatic heterocycles. The van der Waals surface area contributed by atoms with Crippen molar-refractivity contribution in [2.75, 3.05) is 0 Å². The molecule has 0 aliphatic heterocycles. The van der Waals surface area contributed by atoms with Gasteiger partial charge in [0.25, 0.3) is 0 Å². The first-order valence-corrected chi connectivity index (χ1v) is 6.91. The van der Waals surface area contributed by atoms with Gasteiger partial charge in [-0.3, -0.25) is 4.40 Å². The van der Waals surface area contributed by atoms with Gasteiger partial charge in [0.1, 0.15) is 5.75 Å². The number of phenols is 1. The highest BCUT2D eigenvalue weighted by Gasteiger charge is 2.18. The second-order valence-electron chi connectivity index (χ2n) is 5.10. The molecule has 4 heteroatoms. The second kappa shape index (κ2) is 4.84. The third-order valence-corrected chi connectivity index (χ3v) is 3.59. The van der Waals surface area contributed by atoms with Gasteiger partial charge in [-0.05, 0) is 30.2 Å². The summed E-state index contributed by atoms with van der Waals surface area (Å²) in [5, 5.41) is 10.3. The molecule has 3 rings (SSSR count). The summed E-state index contributed by atoms with van der Waals surface area (Å²) in [5.41, 5.74) is 3.64. The Morgan fingerprint density at radius 3 is 2.70 bits per heavy atom. The first-order chi connectivity index (χ1) is 9.58. The largest absolute Gasteiger partial charge is 0.508 e. The number of halogens is 1. The molecule has 0 saturated carbocycles. The molecule has 102 valence electrons. The number of aromatic hydroxyl groups is 1. The van der Waals surface area contributed by atoms with Crippen LogP contribution in [-0.4, -0.2) is 14.5 Å². The van der Waals surface area contributed by atoms with E-state index in [-0.39, 0.29) is 11.7 Å². The smallest absolute Gasteiger partial charge is 0.156 e. The molecule has 0 aliphatic carbocycles. The van der Waals surface area contributed by atoms with Gasteiger partial charge >= 0.3 is 0 Å². The molecular formula is C16H15ClN2O. The lowest BCUT2D eigenvalue weighted by Gasteiger charge is -2.08. The number of rotatable bonds is 2. The zero-order valence-electron chi connectivity index (χ0n) is 11.3. The molecule has 0 aliphatic rings. The van der Waals surface area contributed by atoms with Crippen molar-refractivity contribution in [1.82, 2.24) is 9.38 Å². The van der Waals surface area contributed by atoms with Crippen molar-refractivity contribution in [2.24, 2.45) is 0 Å². The summed E-state index contributed by atoms with van der Waals surface area (Å²) in [6.45, 7) is 4.20. The minimum absolute atomic E-state index is 0.245. The number of benzene rings is 1. The summed E-state index contributed by atoms with van der Waals surface area (Å²) in [4.78, 5) is 4.67. The normalized spacial score (nSPS) is 11.4. The second-order valence-corrected chi connectivity index (χ2v) is 5.51. The number of aromatic nitrogens is 2. The number of hydrogen-bond donors (Lipinski definition) is 1. The Kier molecular flexibility index (Phi) is 3.14. The maximum atomic E-state index is 9.71. The molecular weight excluding hydrogens is 272 g/mol. The van der Waals surface area contributed by atoms with Gasteiger partial charge in [-0.2, -0.15) is 0 Å². The lowest BCUT2D eigenvalue weighted by molar-refractivity contribution is 0.475. The van der Waals surface area contributed by atoms with Crippen LogP contribution in [0.1, 0.15) is 25.5 Å². The van der Waals surface area contributed by atoms with Gasteiger partial charge in [0.15, 0.2) is 5.65 Å². The van der Waals surface area contributed by atoms with Gasteiger partial charge in [0.2, 0.25) is 0 Å². The molecule has 0 saturated heterocycles. The average molecular weight is 287 g/mol. The van der Waals surface area contributed by atoms with Crippen molar-refractivity contribution in [3.8, 4) is 17.0 Å². The van der Waals surface area contributed by atoms with E-state index in [0.717, 1.165) is 22.6 Å². The van der Waals surface area contributed by atoms with Crippen LogP contribution in [0.4, 0.5) is 0 Å². The van der Waals surface area contributed by atoms with E-state index in [1.165, 1.54) is 0 Å². The summed E-state index contributed by atoms with van der Waals surface area (Å²) in [7, 11) is 0. The Balaban J connectivity index is 2.38. The highest BCUT2D eigenvalue weighted by molar-refractivity contribution is 6.33. The number of hydrogen-bond acceptors (Lipinski definition) is 2. The van der Waals surface area contributed by atoms with Crippen LogP contribution < -0.4 is 0 Å². The number of phenolic OH excluding ortho intramolecular Hbond substituents is 1. The molecule has 0 amide bonds. The van der Waals surface area contributed by atoms with Crippen LogP contribution in [0.5, 0.6) is 5.75 Å². The van der Waals surface area contributed by atoms with E-state index < -0.39 is 0 Å². The highest BCUT2D eigenvalue weighted by Crippen LogP contribution is 2.33. The Bertz CT molecular complexity index is 777. The van der Waals surface area contributed by atoms with Crippen LogP contribution in [0, 0.1) is 0 Å². The Morgan fingerprint density at radius 2 is 2.00 bits per heavy atom. The molecule has 3 aromatic rings. The summed E-state index contributed by atoms with van der Waals surface area (Å²) in [6.07, 6.45) is 1.94. The molecule has 0 radical (unpaired) electrons. The molecule has 1 aromatic carbocycles. The van der Waals surface area contributed by atoms with Gasteiger partial charge in [-0.1, -0.05) is 37.6 Å². The molecule has 0 bridgehead atoms. The molecule has 0 unspecified atom stereocenters. The van der Waals surface area contributed by atoms with Crippen LogP contribution in [0.15, 0.2) is 42.6 Å². The van der Waals surface area contributed by atoms with Crippen LogP contribution in [0.3, 0.4) is 0 Å². The quantitative estimate of drug-likeness (QED) is 0.754. The topological polar surface area (TPSA) is 37.5 Å². The van der Waals surface area contributed by atoms with Crippen molar-refractivity contribution >= 4 is 17.2 Å². The Hall–Kier alpha value is -2.00. The zero-order valence-corrected chi connectivity index (χ0v) is 12.1. The monoisotopic (exact) mass is 286 g/mol. The highest BCUT2D eigenvalue weighted by atomic mass is 35.5. The summed E-state index contributed by atoms with van der Waals surface area (Å²) < 4.78 is 1.98. The predicted molar refractivity (Wildman–Crippen MR) is 81.4 cm³/mol. The minimum atomic E-state index is 0.245. The number of pyridine rings is 1. The maximum Gasteiger partial charge on any atom is 0.156 e. The van der Waals surface area contributed by atoms with Crippen molar-refractivity contribution in [3.05, 3.63) is 53.3 Å². The van der Waals surface area contributed by atoms with Gasteiger partial charge in [-0.25, -0.2) is 4.98 Å². The maximum absolute atomic E-state index is 9.71. The van der Waals surface area contributed by atoms with Crippen molar-refractivity contribution in [3.63, 3.8) is 0 Å². The van der Waals surface area contributed by atoms with E-state index in [1.807, 2.05) is 34.9 Å². The van der Waals surface area contributed by atoms with Crippen LogP contribution >= 0.6 is 11.6 Å². The Morgan fingerprint density at radius 1 is 1.20 bits per heavy atom. The lowest BCUT2D eigenvalue weighted by Crippen LogP contribution is -1.93. The zero-order chi connectivity index (χ0) is 14.3. The van der Waals surface area contributed by atoms with Crippen LogP contribution in [-0.2, 0) is 0 Å². The van der Waals surface area contributed by atoms with E-state index in [1.54, 1.807) is 12.1 Å². The molecule has 0 spiro atoms. The molecule has 3 nitrogen and oxygen atoms in total. The standard InChI is InChI=1S/C16H15ClN2O/c1-10(2)14-15(11-5-3-6-12(20)9-11)19-8-4-7-13(17)16(19)18-14/h3-10,20H,1-2H3. The fourth-order valence-electron chi connectivity index (χ4n) is 2.39. The van der Waals surface area contributed by atoms with E-state index in [4.69, 9.17) is 11.6 Å². The fraction of sp³-hybridized carbons (Fsp3) is 0.188. The molecule has 0 atom stereocenters. The van der Waals surface area contributed by atoms with Crippen molar-refractivity contribution < 1.29 is 5.11 Å². The molecule has 2 heterocycles. The summed E-state index contributed by atoms with van der Waals surface area (Å²) in [6, 6.07) is 10.9. The van der Waals surface area contributed by atoms with Crippen LogP contribution in [0.2, 0.25) is 5.02 Å². The molecule has 20 heavy (non-hydrogen) atoms. The number of imidazole rings is 1. The lowest BCUT2D eigenvalue weighted by atomic mass is 10.0. The average Bonchev–Trinajstić information content (AvgIpc) is 2.80. The van der Waals surface area contributed by atoms with Gasteiger partial charge < -0.3 is 5.11 Å². The van der Waals surface area contributed by atoms with E-state index in [2.05, 4.69) is 18.8 Å². The minimum Gasteiger partial charge on any atom is -0.508 e. The summed E-state index contributed by atoms with van der Waals surface area (Å²) in [5.74, 6) is 0.512. The third kappa shape index (κ3) is 2.04. The predicted octanol–water partition coefficient (Wildman–Crippen LogP) is 4.48. The van der Waals surface area contributed by atoms with Gasteiger partial charge in [0, 0.05) is 11.8 Å². The fourth-order valence-corrected chi connectivity index (χ4v) is 2.60. The van der Waals surface area contributed by atoms with Gasteiger partial charge in [0.05, 0.1) is 16.4 Å². The van der Waals surface area contributed by atoms with Gasteiger partial charge in [-0.15, -0.1) is 0 Å². The third-order valence-electron chi connectivity index (χ3n) is 3.30. The van der Waals surface area contributed by atoms with Crippen molar-refractivity contribution in [2.45, 2.75) is 19.8 Å². The van der Waals surface area contributed by atoms with E-state index in [9.17, 15) is 5.11 Å². The Labute approximate surface area is 122 Å². The first kappa shape index (κ1) is 13.0. The molecule has 0 fully saturated rings. The number of fused-ring (bicyclic) bond motifs is 1. The SMILES string of the molecule is CC(C)c1nc2c(Cl)cccn2c1-c1cccc(O)c1. The molecule has 1 N–H and O–H groups in total. The number of nitrogens with zero attached hydrogens (tertiary/aromatic N) is 2. The first-order valence-electron chi connectivity index (χ1n) is 6.54. The van der Waals surface area contributed by atoms with Crippen molar-refractivity contribution in [1.29, 1.82) is 0 Å². The van der Waals surface area contributed by atoms with Crippen LogP contribution in [0.25, 0.3) is 16.9 Å². The summed E-state index contributed by atoms with van der Waals surface area (Å²) >= 11 is 6.23.